The average molecular weight is 327 g/mol. The topological polar surface area (TPSA) is 55.6 Å². The predicted octanol–water partition coefficient (Wildman–Crippen LogP) is 2.53. The second-order valence-corrected chi connectivity index (χ2v) is 5.58. The Bertz CT molecular complexity index is 459. The van der Waals surface area contributed by atoms with Gasteiger partial charge in [0.15, 0.2) is 0 Å². The summed E-state index contributed by atoms with van der Waals surface area (Å²) < 4.78 is 6.05. The van der Waals surface area contributed by atoms with Crippen molar-refractivity contribution in [2.45, 2.75) is 13.3 Å². The molecule has 1 saturated heterocycles. The standard InChI is InChI=1S/C14H19BrN2O2/c1-2-17(8-10-6-7-19-9-10)14(18)11-4-3-5-12(16)13(11)15/h3-5,10H,2,6-9,16H2,1H3. The van der Waals surface area contributed by atoms with E-state index in [1.54, 1.807) is 18.2 Å². The Balaban J connectivity index is 2.13. The van der Waals surface area contributed by atoms with Gasteiger partial charge in [0, 0.05) is 31.3 Å². The Labute approximate surface area is 122 Å². The molecule has 0 aliphatic carbocycles. The van der Waals surface area contributed by atoms with Crippen molar-refractivity contribution in [3.63, 3.8) is 0 Å². The molecule has 1 aliphatic rings. The third-order valence-electron chi connectivity index (χ3n) is 3.43. The van der Waals surface area contributed by atoms with Crippen molar-refractivity contribution in [3.05, 3.63) is 28.2 Å². The molecule has 1 heterocycles. The minimum atomic E-state index is 0.0218. The fraction of sp³-hybridized carbons (Fsp3) is 0.500. The van der Waals surface area contributed by atoms with Crippen LogP contribution in [0.2, 0.25) is 0 Å². The number of hydrogen-bond donors (Lipinski definition) is 1. The Kier molecular flexibility index (Phi) is 4.82. The van der Waals surface area contributed by atoms with Crippen molar-refractivity contribution in [1.82, 2.24) is 4.90 Å². The van der Waals surface area contributed by atoms with Crippen LogP contribution < -0.4 is 5.73 Å². The van der Waals surface area contributed by atoms with Crippen molar-refractivity contribution in [2.24, 2.45) is 5.92 Å². The summed E-state index contributed by atoms with van der Waals surface area (Å²) >= 11 is 3.39. The molecule has 1 unspecified atom stereocenters. The second kappa shape index (κ2) is 6.39. The highest BCUT2D eigenvalue weighted by molar-refractivity contribution is 9.10. The van der Waals surface area contributed by atoms with Crippen LogP contribution in [0.4, 0.5) is 5.69 Å². The summed E-state index contributed by atoms with van der Waals surface area (Å²) in [6.07, 6.45) is 1.03. The number of nitrogens with zero attached hydrogens (tertiary/aromatic N) is 1. The number of carbonyl (C=O) groups excluding carboxylic acids is 1. The molecule has 1 fully saturated rings. The van der Waals surface area contributed by atoms with Crippen LogP contribution >= 0.6 is 15.9 Å². The first-order valence-corrected chi connectivity index (χ1v) is 7.33. The molecule has 4 nitrogen and oxygen atoms in total. The maximum absolute atomic E-state index is 12.5. The number of anilines is 1. The number of ether oxygens (including phenoxy) is 1. The highest BCUT2D eigenvalue weighted by Crippen LogP contribution is 2.25. The van der Waals surface area contributed by atoms with Gasteiger partial charge in [0.25, 0.3) is 5.91 Å². The van der Waals surface area contributed by atoms with Gasteiger partial charge in [0.05, 0.1) is 16.6 Å². The number of rotatable bonds is 4. The van der Waals surface area contributed by atoms with Gasteiger partial charge in [-0.25, -0.2) is 0 Å². The van der Waals surface area contributed by atoms with Crippen LogP contribution in [0, 0.1) is 5.92 Å². The number of halogens is 1. The zero-order chi connectivity index (χ0) is 13.8. The average Bonchev–Trinajstić information content (AvgIpc) is 2.91. The lowest BCUT2D eigenvalue weighted by Gasteiger charge is -2.24. The SMILES string of the molecule is CCN(CC1CCOC1)C(=O)c1cccc(N)c1Br. The third kappa shape index (κ3) is 3.28. The molecule has 5 heteroatoms. The van der Waals surface area contributed by atoms with E-state index in [4.69, 9.17) is 10.5 Å². The minimum absolute atomic E-state index is 0.0218. The summed E-state index contributed by atoms with van der Waals surface area (Å²) in [6.45, 7) is 4.99. The largest absolute Gasteiger partial charge is 0.398 e. The summed E-state index contributed by atoms with van der Waals surface area (Å²) in [5, 5.41) is 0. The van der Waals surface area contributed by atoms with E-state index in [-0.39, 0.29) is 5.91 Å². The molecular formula is C14H19BrN2O2. The number of carbonyl (C=O) groups is 1. The quantitative estimate of drug-likeness (QED) is 0.865. The van der Waals surface area contributed by atoms with Crippen molar-refractivity contribution in [1.29, 1.82) is 0 Å². The lowest BCUT2D eigenvalue weighted by molar-refractivity contribution is 0.0730. The van der Waals surface area contributed by atoms with E-state index in [0.29, 0.717) is 28.2 Å². The van der Waals surface area contributed by atoms with Gasteiger partial charge in [0.1, 0.15) is 0 Å². The normalized spacial score (nSPS) is 18.5. The van der Waals surface area contributed by atoms with Crippen LogP contribution in [0.15, 0.2) is 22.7 Å². The number of benzene rings is 1. The molecular weight excluding hydrogens is 308 g/mol. The summed E-state index contributed by atoms with van der Waals surface area (Å²) in [4.78, 5) is 14.4. The Morgan fingerprint density at radius 2 is 2.37 bits per heavy atom. The zero-order valence-electron chi connectivity index (χ0n) is 11.1. The zero-order valence-corrected chi connectivity index (χ0v) is 12.6. The molecule has 0 bridgehead atoms. The van der Waals surface area contributed by atoms with Crippen molar-refractivity contribution < 1.29 is 9.53 Å². The van der Waals surface area contributed by atoms with Gasteiger partial charge in [-0.1, -0.05) is 6.07 Å². The van der Waals surface area contributed by atoms with E-state index < -0.39 is 0 Å². The first-order valence-electron chi connectivity index (χ1n) is 6.54. The van der Waals surface area contributed by atoms with Gasteiger partial charge in [-0.3, -0.25) is 4.79 Å². The monoisotopic (exact) mass is 326 g/mol. The molecule has 104 valence electrons. The molecule has 0 saturated carbocycles. The predicted molar refractivity (Wildman–Crippen MR) is 79.1 cm³/mol. The Hall–Kier alpha value is -1.07. The van der Waals surface area contributed by atoms with Crippen LogP contribution in [0.3, 0.4) is 0 Å². The molecule has 19 heavy (non-hydrogen) atoms. The van der Waals surface area contributed by atoms with Gasteiger partial charge in [-0.05, 0) is 41.4 Å². The number of hydrogen-bond acceptors (Lipinski definition) is 3. The van der Waals surface area contributed by atoms with Crippen LogP contribution in [0.25, 0.3) is 0 Å². The molecule has 1 aromatic rings. The smallest absolute Gasteiger partial charge is 0.255 e. The maximum Gasteiger partial charge on any atom is 0.255 e. The van der Waals surface area contributed by atoms with Crippen molar-refractivity contribution in [3.8, 4) is 0 Å². The van der Waals surface area contributed by atoms with Gasteiger partial charge in [-0.15, -0.1) is 0 Å². The van der Waals surface area contributed by atoms with E-state index >= 15 is 0 Å². The number of nitrogen functional groups attached to an aromatic ring is 1. The van der Waals surface area contributed by atoms with Crippen LogP contribution in [-0.4, -0.2) is 37.1 Å². The first kappa shape index (κ1) is 14.3. The number of nitrogens with two attached hydrogens (primary N) is 1. The molecule has 1 aliphatic heterocycles. The van der Waals surface area contributed by atoms with Crippen LogP contribution in [0.1, 0.15) is 23.7 Å². The highest BCUT2D eigenvalue weighted by atomic mass is 79.9. The molecule has 2 N–H and O–H groups in total. The van der Waals surface area contributed by atoms with E-state index in [1.807, 2.05) is 11.8 Å². The van der Waals surface area contributed by atoms with Gasteiger partial charge in [-0.2, -0.15) is 0 Å². The molecule has 0 spiro atoms. The van der Waals surface area contributed by atoms with Crippen LogP contribution in [-0.2, 0) is 4.74 Å². The van der Waals surface area contributed by atoms with E-state index in [1.165, 1.54) is 0 Å². The first-order chi connectivity index (χ1) is 9.13. The fourth-order valence-corrected chi connectivity index (χ4v) is 2.71. The number of amides is 1. The Morgan fingerprint density at radius 3 is 3.00 bits per heavy atom. The lowest BCUT2D eigenvalue weighted by Crippen LogP contribution is -2.35. The summed E-state index contributed by atoms with van der Waals surface area (Å²) in [7, 11) is 0. The molecule has 1 amide bonds. The molecule has 0 radical (unpaired) electrons. The second-order valence-electron chi connectivity index (χ2n) is 4.78. The van der Waals surface area contributed by atoms with Crippen molar-refractivity contribution in [2.75, 3.05) is 32.0 Å². The third-order valence-corrected chi connectivity index (χ3v) is 4.32. The van der Waals surface area contributed by atoms with Gasteiger partial charge < -0.3 is 15.4 Å². The van der Waals surface area contributed by atoms with E-state index in [0.717, 1.165) is 26.2 Å². The fourth-order valence-electron chi connectivity index (χ4n) is 2.28. The van der Waals surface area contributed by atoms with E-state index in [2.05, 4.69) is 15.9 Å². The maximum atomic E-state index is 12.5. The van der Waals surface area contributed by atoms with Crippen LogP contribution in [0.5, 0.6) is 0 Å². The minimum Gasteiger partial charge on any atom is -0.398 e. The summed E-state index contributed by atoms with van der Waals surface area (Å²) in [5.41, 5.74) is 7.04. The van der Waals surface area contributed by atoms with Crippen molar-refractivity contribution >= 4 is 27.5 Å². The van der Waals surface area contributed by atoms with Gasteiger partial charge >= 0.3 is 0 Å². The molecule has 1 atom stereocenters. The van der Waals surface area contributed by atoms with E-state index in [9.17, 15) is 4.79 Å². The lowest BCUT2D eigenvalue weighted by atomic mass is 10.1. The van der Waals surface area contributed by atoms with Gasteiger partial charge in [0.2, 0.25) is 0 Å². The molecule has 0 aromatic heterocycles. The molecule has 1 aromatic carbocycles. The Morgan fingerprint density at radius 1 is 1.58 bits per heavy atom. The summed E-state index contributed by atoms with van der Waals surface area (Å²) in [5.74, 6) is 0.470. The molecule has 2 rings (SSSR count). The summed E-state index contributed by atoms with van der Waals surface area (Å²) in [6, 6.07) is 5.39. The highest BCUT2D eigenvalue weighted by Gasteiger charge is 2.23.